The summed E-state index contributed by atoms with van der Waals surface area (Å²) >= 11 is 0. The number of hydrogen-bond donors (Lipinski definition) is 2. The third-order valence-corrected chi connectivity index (χ3v) is 5.92. The summed E-state index contributed by atoms with van der Waals surface area (Å²) in [6.07, 6.45) is 2.04. The fraction of sp³-hybridized carbons (Fsp3) is 0.462. The molecule has 5 nitrogen and oxygen atoms in total. The highest BCUT2D eigenvalue weighted by atomic mass is 19.1. The number of carbonyl (C=O) groups is 2. The molecule has 1 aliphatic rings. The number of likely N-dealkylation sites (tertiary alicyclic amines) is 1. The summed E-state index contributed by atoms with van der Waals surface area (Å²) < 4.78 is 13.0. The second kappa shape index (κ2) is 10.7. The Morgan fingerprint density at radius 3 is 2.22 bits per heavy atom. The van der Waals surface area contributed by atoms with Crippen LogP contribution in [0.5, 0.6) is 0 Å². The minimum Gasteiger partial charge on any atom is -0.353 e. The quantitative estimate of drug-likeness (QED) is 0.685. The standard InChI is InChI=1S/C26H34FN3O2/c1-26(2,3)21-8-6-20(7-9-21)25(32)28-15-12-24(31)29-23-13-16-30(17-14-23)18-19-4-10-22(27)11-5-19/h4-11,23H,12-18H2,1-3H3,(H,28,32)(H,29,31). The average Bonchev–Trinajstić information content (AvgIpc) is 2.76. The first kappa shape index (κ1) is 23.9. The van der Waals surface area contributed by atoms with Crippen molar-refractivity contribution in [2.75, 3.05) is 19.6 Å². The van der Waals surface area contributed by atoms with Gasteiger partial charge in [-0.2, -0.15) is 0 Å². The molecular weight excluding hydrogens is 405 g/mol. The summed E-state index contributed by atoms with van der Waals surface area (Å²) in [5.74, 6) is -0.414. The summed E-state index contributed by atoms with van der Waals surface area (Å²) in [6.45, 7) is 9.30. The Hall–Kier alpha value is -2.73. The summed E-state index contributed by atoms with van der Waals surface area (Å²) in [5, 5.41) is 5.91. The van der Waals surface area contributed by atoms with Crippen LogP contribution in [-0.4, -0.2) is 42.4 Å². The molecule has 2 aromatic carbocycles. The van der Waals surface area contributed by atoms with Gasteiger partial charge in [-0.1, -0.05) is 45.0 Å². The van der Waals surface area contributed by atoms with E-state index in [9.17, 15) is 14.0 Å². The van der Waals surface area contributed by atoms with Crippen LogP contribution in [0.4, 0.5) is 4.39 Å². The van der Waals surface area contributed by atoms with Crippen molar-refractivity contribution in [3.63, 3.8) is 0 Å². The first-order chi connectivity index (χ1) is 15.2. The maximum absolute atomic E-state index is 13.0. The van der Waals surface area contributed by atoms with E-state index in [0.29, 0.717) is 12.1 Å². The molecule has 0 atom stereocenters. The van der Waals surface area contributed by atoms with E-state index in [2.05, 4.69) is 36.3 Å². The monoisotopic (exact) mass is 439 g/mol. The summed E-state index contributed by atoms with van der Waals surface area (Å²) in [6, 6.07) is 14.4. The number of amides is 2. The molecule has 0 aliphatic carbocycles. The summed E-state index contributed by atoms with van der Waals surface area (Å²) in [4.78, 5) is 26.9. The smallest absolute Gasteiger partial charge is 0.251 e. The topological polar surface area (TPSA) is 61.4 Å². The molecule has 1 heterocycles. The lowest BCUT2D eigenvalue weighted by atomic mass is 9.87. The maximum atomic E-state index is 13.0. The van der Waals surface area contributed by atoms with E-state index in [1.807, 2.05) is 36.4 Å². The molecular formula is C26H34FN3O2. The molecule has 2 amide bonds. The minimum atomic E-state index is -0.218. The molecule has 2 aromatic rings. The van der Waals surface area contributed by atoms with Crippen LogP contribution in [-0.2, 0) is 16.8 Å². The Balaban J connectivity index is 1.34. The van der Waals surface area contributed by atoms with Gasteiger partial charge in [-0.15, -0.1) is 0 Å². The zero-order valence-corrected chi connectivity index (χ0v) is 19.3. The van der Waals surface area contributed by atoms with E-state index in [1.165, 1.54) is 17.7 Å². The van der Waals surface area contributed by atoms with Crippen molar-refractivity contribution in [3.05, 3.63) is 71.0 Å². The highest BCUT2D eigenvalue weighted by Crippen LogP contribution is 2.22. The highest BCUT2D eigenvalue weighted by Gasteiger charge is 2.21. The van der Waals surface area contributed by atoms with Crippen LogP contribution >= 0.6 is 0 Å². The molecule has 32 heavy (non-hydrogen) atoms. The maximum Gasteiger partial charge on any atom is 0.251 e. The Morgan fingerprint density at radius 2 is 1.62 bits per heavy atom. The lowest BCUT2D eigenvalue weighted by molar-refractivity contribution is -0.122. The molecule has 0 radical (unpaired) electrons. The van der Waals surface area contributed by atoms with Crippen molar-refractivity contribution < 1.29 is 14.0 Å². The largest absolute Gasteiger partial charge is 0.353 e. The van der Waals surface area contributed by atoms with Gasteiger partial charge in [-0.3, -0.25) is 14.5 Å². The number of piperidine rings is 1. The normalized spacial score (nSPS) is 15.4. The summed E-state index contributed by atoms with van der Waals surface area (Å²) in [5.41, 5.74) is 2.92. The van der Waals surface area contributed by atoms with Crippen LogP contribution < -0.4 is 10.6 Å². The third kappa shape index (κ3) is 7.16. The van der Waals surface area contributed by atoms with Crippen molar-refractivity contribution in [1.29, 1.82) is 0 Å². The van der Waals surface area contributed by atoms with Gasteiger partial charge < -0.3 is 10.6 Å². The van der Waals surface area contributed by atoms with E-state index >= 15 is 0 Å². The van der Waals surface area contributed by atoms with Crippen molar-refractivity contribution >= 4 is 11.8 Å². The molecule has 3 rings (SSSR count). The zero-order valence-electron chi connectivity index (χ0n) is 19.3. The van der Waals surface area contributed by atoms with Crippen molar-refractivity contribution in [1.82, 2.24) is 15.5 Å². The number of rotatable bonds is 7. The van der Waals surface area contributed by atoms with Gasteiger partial charge in [0, 0.05) is 44.2 Å². The molecule has 0 aromatic heterocycles. The lowest BCUT2D eigenvalue weighted by Crippen LogP contribution is -2.45. The molecule has 0 saturated carbocycles. The second-order valence-electron chi connectivity index (χ2n) is 9.58. The SMILES string of the molecule is CC(C)(C)c1ccc(C(=O)NCCC(=O)NC2CCN(Cc3ccc(F)cc3)CC2)cc1. The molecule has 0 bridgehead atoms. The molecule has 6 heteroatoms. The summed E-state index contributed by atoms with van der Waals surface area (Å²) in [7, 11) is 0. The highest BCUT2D eigenvalue weighted by molar-refractivity contribution is 5.94. The second-order valence-corrected chi connectivity index (χ2v) is 9.58. The van der Waals surface area contributed by atoms with Gasteiger partial charge in [0.2, 0.25) is 5.91 Å². The van der Waals surface area contributed by atoms with Crippen molar-refractivity contribution in [2.45, 2.75) is 58.0 Å². The van der Waals surface area contributed by atoms with Crippen LogP contribution in [0.2, 0.25) is 0 Å². The fourth-order valence-electron chi connectivity index (χ4n) is 3.90. The predicted octanol–water partition coefficient (Wildman–Crippen LogP) is 4.02. The van der Waals surface area contributed by atoms with Gasteiger partial charge in [0.15, 0.2) is 0 Å². The van der Waals surface area contributed by atoms with E-state index in [4.69, 9.17) is 0 Å². The van der Waals surface area contributed by atoms with Gasteiger partial charge in [0.25, 0.3) is 5.91 Å². The fourth-order valence-corrected chi connectivity index (χ4v) is 3.90. The van der Waals surface area contributed by atoms with E-state index in [-0.39, 0.29) is 35.5 Å². The zero-order chi connectivity index (χ0) is 23.1. The van der Waals surface area contributed by atoms with E-state index < -0.39 is 0 Å². The Bertz CT molecular complexity index is 896. The first-order valence-electron chi connectivity index (χ1n) is 11.4. The average molecular weight is 440 g/mol. The Morgan fingerprint density at radius 1 is 1.00 bits per heavy atom. The van der Waals surface area contributed by atoms with Crippen LogP contribution in [0.25, 0.3) is 0 Å². The molecule has 1 fully saturated rings. The van der Waals surface area contributed by atoms with Crippen LogP contribution in [0.3, 0.4) is 0 Å². The number of benzene rings is 2. The van der Waals surface area contributed by atoms with Gasteiger partial charge in [0.05, 0.1) is 0 Å². The number of nitrogens with one attached hydrogen (secondary N) is 2. The lowest BCUT2D eigenvalue weighted by Gasteiger charge is -2.32. The molecule has 2 N–H and O–H groups in total. The molecule has 0 spiro atoms. The predicted molar refractivity (Wildman–Crippen MR) is 125 cm³/mol. The minimum absolute atomic E-state index is 0.0367. The number of hydrogen-bond acceptors (Lipinski definition) is 3. The van der Waals surface area contributed by atoms with Crippen molar-refractivity contribution in [2.24, 2.45) is 0 Å². The van der Waals surface area contributed by atoms with Gasteiger partial charge >= 0.3 is 0 Å². The van der Waals surface area contributed by atoms with E-state index in [1.54, 1.807) is 0 Å². The molecule has 172 valence electrons. The van der Waals surface area contributed by atoms with Crippen molar-refractivity contribution in [3.8, 4) is 0 Å². The van der Waals surface area contributed by atoms with Crippen LogP contribution in [0.1, 0.15) is 61.5 Å². The third-order valence-electron chi connectivity index (χ3n) is 5.92. The van der Waals surface area contributed by atoms with Gasteiger partial charge in [0.1, 0.15) is 5.82 Å². The molecule has 1 saturated heterocycles. The van der Waals surface area contributed by atoms with Gasteiger partial charge in [-0.25, -0.2) is 4.39 Å². The van der Waals surface area contributed by atoms with Crippen LogP contribution in [0.15, 0.2) is 48.5 Å². The van der Waals surface area contributed by atoms with E-state index in [0.717, 1.165) is 38.0 Å². The number of nitrogens with zero attached hydrogens (tertiary/aromatic N) is 1. The molecule has 0 unspecified atom stereocenters. The number of halogens is 1. The number of carbonyl (C=O) groups excluding carboxylic acids is 2. The van der Waals surface area contributed by atoms with Gasteiger partial charge in [-0.05, 0) is 53.6 Å². The first-order valence-corrected chi connectivity index (χ1v) is 11.4. The molecule has 1 aliphatic heterocycles. The van der Waals surface area contributed by atoms with Crippen LogP contribution in [0, 0.1) is 5.82 Å². The Labute approximate surface area is 190 Å². The Kier molecular flexibility index (Phi) is 8.02.